The first-order valence-corrected chi connectivity index (χ1v) is 6.93. The zero-order valence-electron chi connectivity index (χ0n) is 13.1. The second-order valence-corrected chi connectivity index (χ2v) is 4.72. The normalized spacial score (nSPS) is 10.6. The van der Waals surface area contributed by atoms with Gasteiger partial charge in [0.05, 0.1) is 18.2 Å². The van der Waals surface area contributed by atoms with Crippen molar-refractivity contribution in [2.24, 2.45) is 10.8 Å². The maximum Gasteiger partial charge on any atom is 0.335 e. The molecule has 0 unspecified atom stereocenters. The number of nitro groups is 1. The van der Waals surface area contributed by atoms with Gasteiger partial charge in [0, 0.05) is 17.7 Å². The number of carbonyl (C=O) groups is 2. The summed E-state index contributed by atoms with van der Waals surface area (Å²) in [5.74, 6) is 0.0707. The van der Waals surface area contributed by atoms with E-state index >= 15 is 0 Å². The van der Waals surface area contributed by atoms with Gasteiger partial charge in [0.15, 0.2) is 0 Å². The molecule has 0 aliphatic heterocycles. The number of primary amides is 1. The van der Waals surface area contributed by atoms with E-state index in [1.165, 1.54) is 25.5 Å². The van der Waals surface area contributed by atoms with Crippen molar-refractivity contribution in [1.82, 2.24) is 5.01 Å². The average molecular weight is 346 g/mol. The second-order valence-electron chi connectivity index (χ2n) is 4.72. The minimum atomic E-state index is -0.927. The Balaban J connectivity index is 2.13. The summed E-state index contributed by atoms with van der Waals surface area (Å²) in [6.07, 6.45) is 1.21. The SMILES string of the molecule is COC(=O)CN(/N=C/c1ccc(-c2ccc([N+](=O)[O-])cc2)o1)C(N)=O. The van der Waals surface area contributed by atoms with Crippen molar-refractivity contribution in [2.45, 2.75) is 0 Å². The third-order valence-corrected chi connectivity index (χ3v) is 3.07. The number of non-ortho nitro benzene ring substituents is 1. The quantitative estimate of drug-likeness (QED) is 0.365. The Kier molecular flexibility index (Phi) is 5.46. The highest BCUT2D eigenvalue weighted by atomic mass is 16.6. The number of carbonyl (C=O) groups excluding carboxylic acids is 2. The summed E-state index contributed by atoms with van der Waals surface area (Å²) in [7, 11) is 1.17. The number of methoxy groups -OCH3 is 1. The molecule has 0 saturated heterocycles. The van der Waals surface area contributed by atoms with Crippen LogP contribution in [0.4, 0.5) is 10.5 Å². The molecule has 0 aliphatic carbocycles. The lowest BCUT2D eigenvalue weighted by atomic mass is 10.1. The van der Waals surface area contributed by atoms with Crippen molar-refractivity contribution in [1.29, 1.82) is 0 Å². The molecule has 25 heavy (non-hydrogen) atoms. The van der Waals surface area contributed by atoms with Crippen LogP contribution in [-0.2, 0) is 9.53 Å². The molecule has 1 heterocycles. The van der Waals surface area contributed by atoms with Crippen LogP contribution in [0.15, 0.2) is 45.9 Å². The van der Waals surface area contributed by atoms with E-state index in [1.807, 2.05) is 0 Å². The number of nitro benzene ring substituents is 1. The van der Waals surface area contributed by atoms with Crippen LogP contribution < -0.4 is 5.73 Å². The van der Waals surface area contributed by atoms with E-state index < -0.39 is 23.5 Å². The van der Waals surface area contributed by atoms with Gasteiger partial charge >= 0.3 is 12.0 Å². The van der Waals surface area contributed by atoms with E-state index in [1.54, 1.807) is 24.3 Å². The van der Waals surface area contributed by atoms with E-state index in [2.05, 4.69) is 9.84 Å². The molecule has 2 amide bonds. The van der Waals surface area contributed by atoms with Gasteiger partial charge in [-0.2, -0.15) is 5.10 Å². The minimum Gasteiger partial charge on any atom is -0.468 e. The number of furan rings is 1. The Morgan fingerprint density at radius 1 is 1.32 bits per heavy atom. The predicted molar refractivity (Wildman–Crippen MR) is 86.7 cm³/mol. The lowest BCUT2D eigenvalue weighted by Gasteiger charge is -2.11. The van der Waals surface area contributed by atoms with E-state index in [4.69, 9.17) is 10.2 Å². The Morgan fingerprint density at radius 2 is 2.00 bits per heavy atom. The fraction of sp³-hybridized carbons (Fsp3) is 0.133. The third kappa shape index (κ3) is 4.64. The molecule has 2 aromatic rings. The zero-order valence-corrected chi connectivity index (χ0v) is 13.1. The molecule has 0 spiro atoms. The predicted octanol–water partition coefficient (Wildman–Crippen LogP) is 1.74. The van der Waals surface area contributed by atoms with Crippen molar-refractivity contribution in [3.05, 3.63) is 52.3 Å². The van der Waals surface area contributed by atoms with Crippen molar-refractivity contribution >= 4 is 23.9 Å². The molecule has 1 aromatic heterocycles. The number of hydrogen-bond acceptors (Lipinski definition) is 7. The maximum absolute atomic E-state index is 11.2. The van der Waals surface area contributed by atoms with Crippen molar-refractivity contribution in [3.63, 3.8) is 0 Å². The Morgan fingerprint density at radius 3 is 2.56 bits per heavy atom. The number of urea groups is 1. The number of nitrogens with two attached hydrogens (primary N) is 1. The smallest absolute Gasteiger partial charge is 0.335 e. The molecule has 130 valence electrons. The molecule has 0 radical (unpaired) electrons. The minimum absolute atomic E-state index is 0.0306. The second kappa shape index (κ2) is 7.73. The monoisotopic (exact) mass is 346 g/mol. The summed E-state index contributed by atoms with van der Waals surface area (Å²) >= 11 is 0. The van der Waals surface area contributed by atoms with Gasteiger partial charge in [0.2, 0.25) is 0 Å². The molecule has 0 saturated carbocycles. The molecule has 2 rings (SSSR count). The van der Waals surface area contributed by atoms with E-state index in [9.17, 15) is 19.7 Å². The first-order valence-electron chi connectivity index (χ1n) is 6.93. The summed E-state index contributed by atoms with van der Waals surface area (Å²) in [6, 6.07) is 8.10. The van der Waals surface area contributed by atoms with Gasteiger partial charge in [-0.05, 0) is 24.3 Å². The number of ether oxygens (including phenoxy) is 1. The van der Waals surface area contributed by atoms with Crippen molar-refractivity contribution in [2.75, 3.05) is 13.7 Å². The highest BCUT2D eigenvalue weighted by Crippen LogP contribution is 2.24. The van der Waals surface area contributed by atoms with Gasteiger partial charge in [-0.3, -0.25) is 14.9 Å². The number of rotatable bonds is 6. The van der Waals surface area contributed by atoms with Gasteiger partial charge < -0.3 is 14.9 Å². The zero-order chi connectivity index (χ0) is 18.4. The van der Waals surface area contributed by atoms with Crippen LogP contribution in [-0.4, -0.2) is 41.8 Å². The number of hydrazone groups is 1. The highest BCUT2D eigenvalue weighted by Gasteiger charge is 2.14. The number of benzene rings is 1. The van der Waals surface area contributed by atoms with Crippen LogP contribution in [0.2, 0.25) is 0 Å². The number of amides is 2. The first kappa shape index (κ1) is 17.7. The first-order chi connectivity index (χ1) is 11.9. The van der Waals surface area contributed by atoms with Crippen LogP contribution in [0.25, 0.3) is 11.3 Å². The van der Waals surface area contributed by atoms with Gasteiger partial charge in [-0.1, -0.05) is 0 Å². The van der Waals surface area contributed by atoms with E-state index in [-0.39, 0.29) is 5.69 Å². The van der Waals surface area contributed by atoms with Crippen LogP contribution in [0, 0.1) is 10.1 Å². The van der Waals surface area contributed by atoms with Crippen LogP contribution >= 0.6 is 0 Å². The Hall–Kier alpha value is -3.69. The standard InChI is InChI=1S/C15H14N4O6/c1-24-14(20)9-18(15(16)21)17-8-12-6-7-13(25-12)10-2-4-11(5-3-10)19(22)23/h2-8H,9H2,1H3,(H2,16,21)/b17-8+. The molecule has 0 fully saturated rings. The fourth-order valence-corrected chi connectivity index (χ4v) is 1.81. The van der Waals surface area contributed by atoms with Crippen LogP contribution in [0.5, 0.6) is 0 Å². The molecule has 1 aromatic carbocycles. The van der Waals surface area contributed by atoms with Gasteiger partial charge in [-0.15, -0.1) is 0 Å². The highest BCUT2D eigenvalue weighted by molar-refractivity contribution is 5.83. The summed E-state index contributed by atoms with van der Waals surface area (Å²) in [5.41, 5.74) is 5.72. The molecular formula is C15H14N4O6. The largest absolute Gasteiger partial charge is 0.468 e. The molecule has 10 nitrogen and oxygen atoms in total. The summed E-state index contributed by atoms with van der Waals surface area (Å²) in [5, 5.41) is 15.1. The molecular weight excluding hydrogens is 332 g/mol. The number of hydrogen-bond donors (Lipinski definition) is 1. The van der Waals surface area contributed by atoms with Gasteiger partial charge in [0.25, 0.3) is 5.69 Å². The summed E-state index contributed by atoms with van der Waals surface area (Å²) in [6.45, 7) is -0.432. The van der Waals surface area contributed by atoms with E-state index in [0.717, 1.165) is 5.01 Å². The molecule has 0 aliphatic rings. The van der Waals surface area contributed by atoms with Crippen LogP contribution in [0.3, 0.4) is 0 Å². The fourth-order valence-electron chi connectivity index (χ4n) is 1.81. The molecule has 0 atom stereocenters. The summed E-state index contributed by atoms with van der Waals surface area (Å²) < 4.78 is 9.96. The Labute approximate surface area is 141 Å². The average Bonchev–Trinajstić information content (AvgIpc) is 3.07. The topological polar surface area (TPSA) is 141 Å². The molecule has 0 bridgehead atoms. The molecule has 10 heteroatoms. The third-order valence-electron chi connectivity index (χ3n) is 3.07. The number of nitrogens with zero attached hydrogens (tertiary/aromatic N) is 3. The van der Waals surface area contributed by atoms with E-state index in [0.29, 0.717) is 17.1 Å². The lowest BCUT2D eigenvalue weighted by Crippen LogP contribution is -2.36. The maximum atomic E-state index is 11.2. The Bertz CT molecular complexity index is 812. The van der Waals surface area contributed by atoms with Gasteiger partial charge in [0.1, 0.15) is 18.1 Å². The van der Waals surface area contributed by atoms with Crippen molar-refractivity contribution < 1.29 is 23.7 Å². The summed E-state index contributed by atoms with van der Waals surface area (Å²) in [4.78, 5) is 32.6. The van der Waals surface area contributed by atoms with Gasteiger partial charge in [-0.25, -0.2) is 9.80 Å². The van der Waals surface area contributed by atoms with Crippen LogP contribution in [0.1, 0.15) is 5.76 Å². The molecule has 2 N–H and O–H groups in total. The lowest BCUT2D eigenvalue weighted by molar-refractivity contribution is -0.384. The van der Waals surface area contributed by atoms with Crippen molar-refractivity contribution in [3.8, 4) is 11.3 Å². The number of esters is 1.